The number of nitrogens with zero attached hydrogens (tertiary/aromatic N) is 1. The molecule has 0 aromatic heterocycles. The average molecular weight is 296 g/mol. The van der Waals surface area contributed by atoms with Crippen molar-refractivity contribution < 1.29 is 27.5 Å². The van der Waals surface area contributed by atoms with E-state index in [1.807, 2.05) is 0 Å². The van der Waals surface area contributed by atoms with E-state index in [9.17, 15) is 22.8 Å². The fourth-order valence-electron chi connectivity index (χ4n) is 2.23. The number of carbonyl (C=O) groups excluding carboxylic acids is 2. The topological polar surface area (TPSA) is 58.6 Å². The number of nitrogens with one attached hydrogen (secondary N) is 1. The first-order valence-corrected chi connectivity index (χ1v) is 6.25. The summed E-state index contributed by atoms with van der Waals surface area (Å²) in [5, 5.41) is 2.53. The van der Waals surface area contributed by atoms with E-state index in [1.165, 1.54) is 6.92 Å². The molecule has 1 N–H and O–H groups in total. The van der Waals surface area contributed by atoms with Gasteiger partial charge in [0.1, 0.15) is 12.1 Å². The summed E-state index contributed by atoms with van der Waals surface area (Å²) in [7, 11) is 0. The van der Waals surface area contributed by atoms with E-state index in [0.29, 0.717) is 0 Å². The Hall–Kier alpha value is -1.31. The number of carbonyl (C=O) groups is 2. The Bertz CT molecular complexity index is 390. The number of piperazine rings is 1. The van der Waals surface area contributed by atoms with Crippen LogP contribution in [0.4, 0.5) is 13.2 Å². The van der Waals surface area contributed by atoms with E-state index in [1.54, 1.807) is 20.8 Å². The van der Waals surface area contributed by atoms with Crippen LogP contribution in [0.1, 0.15) is 27.7 Å². The highest BCUT2D eigenvalue weighted by molar-refractivity contribution is 5.97. The van der Waals surface area contributed by atoms with E-state index < -0.39 is 36.4 Å². The lowest BCUT2D eigenvalue weighted by Crippen LogP contribution is -2.66. The van der Waals surface area contributed by atoms with Crippen molar-refractivity contribution in [3.05, 3.63) is 0 Å². The number of alkyl halides is 3. The van der Waals surface area contributed by atoms with Crippen molar-refractivity contribution in [2.45, 2.75) is 46.1 Å². The van der Waals surface area contributed by atoms with Crippen LogP contribution in [0.25, 0.3) is 0 Å². The highest BCUT2D eigenvalue weighted by Gasteiger charge is 2.44. The molecule has 2 amide bonds. The summed E-state index contributed by atoms with van der Waals surface area (Å²) in [6.45, 7) is 5.77. The molecule has 2 unspecified atom stereocenters. The van der Waals surface area contributed by atoms with E-state index in [-0.39, 0.29) is 12.5 Å². The Morgan fingerprint density at radius 1 is 1.25 bits per heavy atom. The van der Waals surface area contributed by atoms with E-state index >= 15 is 0 Å². The van der Waals surface area contributed by atoms with Crippen LogP contribution in [0.15, 0.2) is 0 Å². The molecule has 1 aliphatic heterocycles. The maximum absolute atomic E-state index is 12.1. The quantitative estimate of drug-likeness (QED) is 0.853. The van der Waals surface area contributed by atoms with Gasteiger partial charge in [0.15, 0.2) is 0 Å². The number of hydrogen-bond acceptors (Lipinski definition) is 3. The number of hydrogen-bond donors (Lipinski definition) is 1. The van der Waals surface area contributed by atoms with Gasteiger partial charge in [0.25, 0.3) is 0 Å². The van der Waals surface area contributed by atoms with Gasteiger partial charge in [-0.1, -0.05) is 20.8 Å². The maximum Gasteiger partial charge on any atom is 0.522 e. The minimum Gasteiger partial charge on any atom is -0.343 e. The van der Waals surface area contributed by atoms with E-state index in [4.69, 9.17) is 0 Å². The SMILES string of the molecule is CC1NC(=O)C(C(C)(C)C)N(CCOC(F)(F)F)C1=O. The van der Waals surface area contributed by atoms with Gasteiger partial charge in [-0.2, -0.15) is 0 Å². The number of amides is 2. The lowest BCUT2D eigenvalue weighted by Gasteiger charge is -2.44. The van der Waals surface area contributed by atoms with Gasteiger partial charge in [0.2, 0.25) is 11.8 Å². The summed E-state index contributed by atoms with van der Waals surface area (Å²) in [5.74, 6) is -0.771. The molecular weight excluding hydrogens is 277 g/mol. The molecule has 2 atom stereocenters. The van der Waals surface area contributed by atoms with Crippen LogP contribution in [0.2, 0.25) is 0 Å². The maximum atomic E-state index is 12.1. The number of rotatable bonds is 3. The fraction of sp³-hybridized carbons (Fsp3) is 0.833. The van der Waals surface area contributed by atoms with Crippen molar-refractivity contribution in [1.29, 1.82) is 0 Å². The molecular formula is C12H19F3N2O3. The van der Waals surface area contributed by atoms with E-state index in [0.717, 1.165) is 4.90 Å². The molecule has 20 heavy (non-hydrogen) atoms. The molecule has 5 nitrogen and oxygen atoms in total. The van der Waals surface area contributed by atoms with Crippen LogP contribution < -0.4 is 5.32 Å². The molecule has 0 aromatic carbocycles. The molecule has 0 saturated carbocycles. The molecule has 0 radical (unpaired) electrons. The van der Waals surface area contributed by atoms with Gasteiger partial charge < -0.3 is 10.2 Å². The third-order valence-corrected chi connectivity index (χ3v) is 2.99. The van der Waals surface area contributed by atoms with Gasteiger partial charge in [-0.3, -0.25) is 14.3 Å². The largest absolute Gasteiger partial charge is 0.522 e. The first-order chi connectivity index (χ1) is 8.93. The zero-order chi connectivity index (χ0) is 15.7. The molecule has 0 bridgehead atoms. The van der Waals surface area contributed by atoms with Crippen molar-refractivity contribution in [3.8, 4) is 0 Å². The molecule has 8 heteroatoms. The standard InChI is InChI=1S/C12H19F3N2O3/c1-7-10(19)17(5-6-20-12(13,14)15)8(9(18)16-7)11(2,3)4/h7-8H,5-6H2,1-4H3,(H,16,18). The summed E-state index contributed by atoms with van der Waals surface area (Å²) in [4.78, 5) is 25.2. The van der Waals surface area contributed by atoms with Crippen LogP contribution in [0.5, 0.6) is 0 Å². The van der Waals surface area contributed by atoms with Gasteiger partial charge in [0.05, 0.1) is 6.61 Å². The lowest BCUT2D eigenvalue weighted by atomic mass is 9.83. The second-order valence-electron chi connectivity index (χ2n) is 5.82. The first kappa shape index (κ1) is 16.7. The monoisotopic (exact) mass is 296 g/mol. The second-order valence-corrected chi connectivity index (χ2v) is 5.82. The van der Waals surface area contributed by atoms with E-state index in [2.05, 4.69) is 10.1 Å². The number of halogens is 3. The molecule has 0 spiro atoms. The average Bonchev–Trinajstić information content (AvgIpc) is 2.21. The molecule has 1 saturated heterocycles. The van der Waals surface area contributed by atoms with Crippen LogP contribution in [0.3, 0.4) is 0 Å². The Morgan fingerprint density at radius 3 is 2.25 bits per heavy atom. The van der Waals surface area contributed by atoms with Gasteiger partial charge in [-0.05, 0) is 12.3 Å². The molecule has 1 heterocycles. The van der Waals surface area contributed by atoms with Gasteiger partial charge in [-0.25, -0.2) is 0 Å². The Balaban J connectivity index is 2.84. The molecule has 1 fully saturated rings. The Morgan fingerprint density at radius 2 is 1.80 bits per heavy atom. The Labute approximate surface area is 115 Å². The van der Waals surface area contributed by atoms with Gasteiger partial charge >= 0.3 is 6.36 Å². The molecule has 1 aliphatic rings. The second kappa shape index (κ2) is 5.59. The third-order valence-electron chi connectivity index (χ3n) is 2.99. The minimum atomic E-state index is -4.75. The molecule has 1 rings (SSSR count). The minimum absolute atomic E-state index is 0.280. The Kier molecular flexibility index (Phi) is 4.68. The first-order valence-electron chi connectivity index (χ1n) is 6.25. The highest BCUT2D eigenvalue weighted by atomic mass is 19.4. The van der Waals surface area contributed by atoms with Crippen molar-refractivity contribution >= 4 is 11.8 Å². The lowest BCUT2D eigenvalue weighted by molar-refractivity contribution is -0.325. The van der Waals surface area contributed by atoms with Crippen molar-refractivity contribution in [1.82, 2.24) is 10.2 Å². The third kappa shape index (κ3) is 4.09. The zero-order valence-electron chi connectivity index (χ0n) is 11.9. The summed E-state index contributed by atoms with van der Waals surface area (Å²) in [5.41, 5.74) is -0.585. The predicted octanol–water partition coefficient (Wildman–Crippen LogP) is 1.28. The van der Waals surface area contributed by atoms with Crippen molar-refractivity contribution in [2.24, 2.45) is 5.41 Å². The number of ether oxygens (including phenoxy) is 1. The fourth-order valence-corrected chi connectivity index (χ4v) is 2.23. The van der Waals surface area contributed by atoms with Crippen molar-refractivity contribution in [3.63, 3.8) is 0 Å². The summed E-state index contributed by atoms with van der Waals surface area (Å²) < 4.78 is 39.6. The van der Waals surface area contributed by atoms with Gasteiger partial charge in [0, 0.05) is 6.54 Å². The summed E-state index contributed by atoms with van der Waals surface area (Å²) in [6.07, 6.45) is -4.75. The molecule has 0 aromatic rings. The highest BCUT2D eigenvalue weighted by Crippen LogP contribution is 2.28. The van der Waals surface area contributed by atoms with Crippen LogP contribution in [0, 0.1) is 5.41 Å². The van der Waals surface area contributed by atoms with Crippen molar-refractivity contribution in [2.75, 3.05) is 13.2 Å². The predicted molar refractivity (Wildman–Crippen MR) is 64.6 cm³/mol. The normalized spacial score (nSPS) is 24.9. The van der Waals surface area contributed by atoms with Crippen LogP contribution >= 0.6 is 0 Å². The van der Waals surface area contributed by atoms with Gasteiger partial charge in [-0.15, -0.1) is 13.2 Å². The van der Waals surface area contributed by atoms with Crippen LogP contribution in [-0.4, -0.2) is 48.3 Å². The summed E-state index contributed by atoms with van der Waals surface area (Å²) >= 11 is 0. The zero-order valence-corrected chi connectivity index (χ0v) is 11.9. The molecule has 116 valence electrons. The van der Waals surface area contributed by atoms with Crippen LogP contribution in [-0.2, 0) is 14.3 Å². The summed E-state index contributed by atoms with van der Waals surface area (Å²) in [6, 6.07) is -1.56. The smallest absolute Gasteiger partial charge is 0.343 e. The molecule has 0 aliphatic carbocycles.